The first-order valence-corrected chi connectivity index (χ1v) is 6.73. The number of hydrogen-bond donors (Lipinski definition) is 2. The van der Waals surface area contributed by atoms with Crippen LogP contribution in [0.3, 0.4) is 0 Å². The maximum absolute atomic E-state index is 13.7. The van der Waals surface area contributed by atoms with Crippen molar-refractivity contribution in [3.05, 3.63) is 58.9 Å². The highest BCUT2D eigenvalue weighted by atomic mass is 19.1. The molecule has 0 aromatic heterocycles. The number of aryl methyl sites for hydroxylation is 1. The molecule has 3 amide bonds. The van der Waals surface area contributed by atoms with E-state index in [9.17, 15) is 14.0 Å². The van der Waals surface area contributed by atoms with E-state index in [1.165, 1.54) is 18.2 Å². The Labute approximate surface area is 125 Å². The van der Waals surface area contributed by atoms with Gasteiger partial charge in [0.15, 0.2) is 5.54 Å². The molecule has 1 fully saturated rings. The number of carbonyl (C=O) groups is 2. The van der Waals surface area contributed by atoms with Crippen molar-refractivity contribution in [2.24, 2.45) is 0 Å². The molecule has 2 N–H and O–H groups in total. The minimum absolute atomic E-state index is 0.286. The van der Waals surface area contributed by atoms with E-state index in [4.69, 9.17) is 4.74 Å². The van der Waals surface area contributed by atoms with Crippen molar-refractivity contribution in [3.8, 4) is 11.5 Å². The van der Waals surface area contributed by atoms with Gasteiger partial charge in [0.1, 0.15) is 17.3 Å². The molecule has 2 heterocycles. The fourth-order valence-corrected chi connectivity index (χ4v) is 3.01. The summed E-state index contributed by atoms with van der Waals surface area (Å²) >= 11 is 0. The van der Waals surface area contributed by atoms with Gasteiger partial charge in [-0.3, -0.25) is 10.1 Å². The predicted molar refractivity (Wildman–Crippen MR) is 75.1 cm³/mol. The van der Waals surface area contributed by atoms with Gasteiger partial charge in [-0.05, 0) is 37.3 Å². The summed E-state index contributed by atoms with van der Waals surface area (Å²) in [5.41, 5.74) is 0.215. The van der Waals surface area contributed by atoms with E-state index in [2.05, 4.69) is 10.6 Å². The molecule has 0 radical (unpaired) electrons. The van der Waals surface area contributed by atoms with Crippen molar-refractivity contribution in [3.63, 3.8) is 0 Å². The summed E-state index contributed by atoms with van der Waals surface area (Å²) in [6.07, 6.45) is 0. The summed E-state index contributed by atoms with van der Waals surface area (Å²) in [6, 6.07) is 8.63. The van der Waals surface area contributed by atoms with Gasteiger partial charge in [-0.25, -0.2) is 9.18 Å². The minimum Gasteiger partial charge on any atom is -0.457 e. The molecule has 0 bridgehead atoms. The molecule has 2 aromatic rings. The number of ether oxygens (including phenoxy) is 1. The molecule has 22 heavy (non-hydrogen) atoms. The number of carbonyl (C=O) groups excluding carboxylic acids is 2. The van der Waals surface area contributed by atoms with Gasteiger partial charge < -0.3 is 10.1 Å². The normalized spacial score (nSPS) is 21.7. The Balaban J connectivity index is 2.08. The molecule has 110 valence electrons. The van der Waals surface area contributed by atoms with Crippen LogP contribution in [0.15, 0.2) is 36.4 Å². The molecule has 0 unspecified atom stereocenters. The maximum atomic E-state index is 13.7. The molecular formula is C16H11FN2O3. The van der Waals surface area contributed by atoms with E-state index in [1.807, 2.05) is 13.0 Å². The Morgan fingerprint density at radius 3 is 2.41 bits per heavy atom. The number of halogens is 1. The van der Waals surface area contributed by atoms with E-state index in [1.54, 1.807) is 12.1 Å². The zero-order valence-electron chi connectivity index (χ0n) is 11.6. The number of fused-ring (bicyclic) bond motifs is 4. The van der Waals surface area contributed by atoms with Gasteiger partial charge in [0.25, 0.3) is 5.91 Å². The average molecular weight is 298 g/mol. The minimum atomic E-state index is -1.46. The van der Waals surface area contributed by atoms with E-state index in [-0.39, 0.29) is 5.56 Å². The lowest BCUT2D eigenvalue weighted by molar-refractivity contribution is -0.123. The van der Waals surface area contributed by atoms with Crippen LogP contribution in [0.25, 0.3) is 0 Å². The van der Waals surface area contributed by atoms with Crippen molar-refractivity contribution >= 4 is 11.9 Å². The molecule has 6 heteroatoms. The number of nitrogens with one attached hydrogen (secondary N) is 2. The molecule has 0 aliphatic carbocycles. The van der Waals surface area contributed by atoms with Crippen LogP contribution in [0, 0.1) is 12.7 Å². The van der Waals surface area contributed by atoms with Gasteiger partial charge in [-0.1, -0.05) is 11.6 Å². The largest absolute Gasteiger partial charge is 0.457 e. The van der Waals surface area contributed by atoms with Gasteiger partial charge in [0.2, 0.25) is 0 Å². The number of rotatable bonds is 0. The van der Waals surface area contributed by atoms with Crippen LogP contribution in [0.1, 0.15) is 16.7 Å². The molecule has 1 saturated heterocycles. The fourth-order valence-electron chi connectivity index (χ4n) is 3.01. The summed E-state index contributed by atoms with van der Waals surface area (Å²) in [6.45, 7) is 1.86. The summed E-state index contributed by atoms with van der Waals surface area (Å²) in [4.78, 5) is 24.3. The van der Waals surface area contributed by atoms with Crippen LogP contribution >= 0.6 is 0 Å². The molecule has 0 saturated carbocycles. The van der Waals surface area contributed by atoms with E-state index in [0.717, 1.165) is 5.56 Å². The van der Waals surface area contributed by atoms with Crippen LogP contribution in [-0.2, 0) is 10.3 Å². The quantitative estimate of drug-likeness (QED) is 0.733. The second-order valence-corrected chi connectivity index (χ2v) is 5.40. The Bertz CT molecular complexity index is 796. The predicted octanol–water partition coefficient (Wildman–Crippen LogP) is 2.32. The molecule has 4 rings (SSSR count). The number of amides is 3. The van der Waals surface area contributed by atoms with Gasteiger partial charge in [0.05, 0.1) is 0 Å². The Kier molecular flexibility index (Phi) is 2.37. The first-order valence-electron chi connectivity index (χ1n) is 6.73. The van der Waals surface area contributed by atoms with Gasteiger partial charge in [-0.2, -0.15) is 0 Å². The fraction of sp³-hybridized carbons (Fsp3) is 0.125. The van der Waals surface area contributed by atoms with Crippen molar-refractivity contribution in [2.45, 2.75) is 12.5 Å². The standard InChI is InChI=1S/C16H11FN2O3/c1-8-2-4-12-10(6-8)16(14(20)18-15(21)19-16)11-7-9(17)3-5-13(11)22-12/h2-7H,1H3,(H2,18,19,20,21)/t16-/m1/s1. The van der Waals surface area contributed by atoms with Gasteiger partial charge in [-0.15, -0.1) is 0 Å². The topological polar surface area (TPSA) is 67.4 Å². The lowest BCUT2D eigenvalue weighted by atomic mass is 9.79. The molecule has 1 atom stereocenters. The number of benzene rings is 2. The van der Waals surface area contributed by atoms with Crippen molar-refractivity contribution in [1.82, 2.24) is 10.6 Å². The van der Waals surface area contributed by atoms with Gasteiger partial charge >= 0.3 is 6.03 Å². The third-order valence-electron chi connectivity index (χ3n) is 3.97. The highest BCUT2D eigenvalue weighted by molar-refractivity contribution is 6.10. The summed E-state index contributed by atoms with van der Waals surface area (Å²) < 4.78 is 19.5. The smallest absolute Gasteiger partial charge is 0.322 e. The monoisotopic (exact) mass is 298 g/mol. The van der Waals surface area contributed by atoms with Crippen LogP contribution in [-0.4, -0.2) is 11.9 Å². The van der Waals surface area contributed by atoms with Crippen molar-refractivity contribution in [1.29, 1.82) is 0 Å². The summed E-state index contributed by atoms with van der Waals surface area (Å²) in [5.74, 6) is -0.247. The zero-order valence-corrected chi connectivity index (χ0v) is 11.6. The van der Waals surface area contributed by atoms with E-state index >= 15 is 0 Å². The Hall–Kier alpha value is -2.89. The molecular weight excluding hydrogens is 287 g/mol. The molecule has 5 nitrogen and oxygen atoms in total. The highest BCUT2D eigenvalue weighted by Crippen LogP contribution is 2.48. The number of urea groups is 1. The summed E-state index contributed by atoms with van der Waals surface area (Å²) in [5, 5.41) is 4.87. The van der Waals surface area contributed by atoms with Gasteiger partial charge in [0, 0.05) is 11.1 Å². The average Bonchev–Trinajstić information content (AvgIpc) is 2.77. The Morgan fingerprint density at radius 1 is 1.05 bits per heavy atom. The third kappa shape index (κ3) is 1.52. The molecule has 2 aliphatic heterocycles. The van der Waals surface area contributed by atoms with Crippen molar-refractivity contribution in [2.75, 3.05) is 0 Å². The Morgan fingerprint density at radius 2 is 1.73 bits per heavy atom. The lowest BCUT2D eigenvalue weighted by Crippen LogP contribution is -2.46. The first-order chi connectivity index (χ1) is 10.5. The summed E-state index contributed by atoms with van der Waals surface area (Å²) in [7, 11) is 0. The first kappa shape index (κ1) is 12.8. The number of imide groups is 1. The van der Waals surface area contributed by atoms with Crippen molar-refractivity contribution < 1.29 is 18.7 Å². The zero-order chi connectivity index (χ0) is 15.5. The van der Waals surface area contributed by atoms with Crippen LogP contribution in [0.2, 0.25) is 0 Å². The number of hydrogen-bond acceptors (Lipinski definition) is 3. The van der Waals surface area contributed by atoms with E-state index < -0.39 is 23.3 Å². The van der Waals surface area contributed by atoms with Crippen LogP contribution in [0.4, 0.5) is 9.18 Å². The van der Waals surface area contributed by atoms with Crippen LogP contribution in [0.5, 0.6) is 11.5 Å². The van der Waals surface area contributed by atoms with E-state index in [0.29, 0.717) is 17.1 Å². The maximum Gasteiger partial charge on any atom is 0.322 e. The molecule has 2 aromatic carbocycles. The lowest BCUT2D eigenvalue weighted by Gasteiger charge is -2.34. The second kappa shape index (κ2) is 4.07. The SMILES string of the molecule is Cc1ccc2c(c1)[C@@]1(NC(=O)NC1=O)c1cc(F)ccc1O2. The highest BCUT2D eigenvalue weighted by Gasteiger charge is 2.54. The second-order valence-electron chi connectivity index (χ2n) is 5.40. The third-order valence-corrected chi connectivity index (χ3v) is 3.97. The molecule has 1 spiro atoms. The van der Waals surface area contributed by atoms with Crippen LogP contribution < -0.4 is 15.4 Å². The molecule has 2 aliphatic rings.